The summed E-state index contributed by atoms with van der Waals surface area (Å²) in [4.78, 5) is 12.9. The quantitative estimate of drug-likeness (QED) is 0.140. The lowest BCUT2D eigenvalue weighted by molar-refractivity contribution is -0.303. The maximum Gasteiger partial charge on any atom is 0.411 e. The molecule has 0 bridgehead atoms. The highest BCUT2D eigenvalue weighted by atomic mass is 28.2. The van der Waals surface area contributed by atoms with Crippen LogP contribution in [0.4, 0.5) is 39.5 Å². The van der Waals surface area contributed by atoms with Gasteiger partial charge in [0, 0.05) is 0 Å². The third-order valence-electron chi connectivity index (χ3n) is 2.61. The van der Waals surface area contributed by atoms with E-state index in [1.165, 1.54) is 0 Å². The van der Waals surface area contributed by atoms with E-state index >= 15 is 0 Å². The Morgan fingerprint density at radius 1 is 0.840 bits per heavy atom. The molecule has 0 saturated heterocycles. The molecule has 0 aliphatic rings. The SMILES string of the molecule is O=C=NCCC[SiH2]C(CC(F)(F)F)(OCC(F)(F)F)OCC(F)(F)F. The molecule has 0 fully saturated rings. The summed E-state index contributed by atoms with van der Waals surface area (Å²) >= 11 is 0. The number of aliphatic imine (C=N–C) groups is 1. The van der Waals surface area contributed by atoms with E-state index in [-0.39, 0.29) is 19.0 Å². The molecule has 0 amide bonds. The average molecular weight is 407 g/mol. The Morgan fingerprint density at radius 3 is 1.68 bits per heavy atom. The smallest absolute Gasteiger partial charge is 0.345 e. The molecule has 0 spiro atoms. The Kier molecular flexibility index (Phi) is 9.12. The molecule has 148 valence electrons. The fourth-order valence-corrected chi connectivity index (χ4v) is 3.70. The number of carbonyl (C=O) groups excluding carboxylic acids is 1. The van der Waals surface area contributed by atoms with Gasteiger partial charge in [-0.25, -0.2) is 9.79 Å². The predicted molar refractivity (Wildman–Crippen MR) is 68.4 cm³/mol. The molecule has 4 nitrogen and oxygen atoms in total. The molecule has 0 rings (SSSR count). The second kappa shape index (κ2) is 9.55. The van der Waals surface area contributed by atoms with Crippen molar-refractivity contribution in [3.8, 4) is 0 Å². The molecule has 0 aliphatic heterocycles. The van der Waals surface area contributed by atoms with E-state index < -0.39 is 53.1 Å². The number of hydrogen-bond donors (Lipinski definition) is 0. The average Bonchev–Trinajstić information content (AvgIpc) is 2.39. The van der Waals surface area contributed by atoms with Crippen molar-refractivity contribution in [2.75, 3.05) is 19.8 Å². The fourth-order valence-electron chi connectivity index (χ4n) is 1.74. The van der Waals surface area contributed by atoms with E-state index in [1.807, 2.05) is 0 Å². The van der Waals surface area contributed by atoms with Crippen LogP contribution in [-0.2, 0) is 14.3 Å². The molecule has 0 aromatic carbocycles. The minimum Gasteiger partial charge on any atom is -0.345 e. The van der Waals surface area contributed by atoms with Gasteiger partial charge in [-0.1, -0.05) is 6.04 Å². The molecule has 0 unspecified atom stereocenters. The summed E-state index contributed by atoms with van der Waals surface area (Å²) in [5.41, 5.74) is -3.02. The first-order chi connectivity index (χ1) is 11.2. The topological polar surface area (TPSA) is 47.9 Å². The molecule has 0 radical (unpaired) electrons. The molecule has 0 heterocycles. The molecule has 0 saturated carbocycles. The third kappa shape index (κ3) is 13.8. The van der Waals surface area contributed by atoms with E-state index in [0.29, 0.717) is 0 Å². The van der Waals surface area contributed by atoms with Gasteiger partial charge in [0.05, 0.1) is 22.5 Å². The zero-order chi connectivity index (χ0) is 19.8. The highest BCUT2D eigenvalue weighted by molar-refractivity contribution is 6.39. The van der Waals surface area contributed by atoms with Crippen LogP contribution in [0.5, 0.6) is 0 Å². The number of alkyl halides is 9. The molecular formula is C11H14F9NO3Si. The lowest BCUT2D eigenvalue weighted by Gasteiger charge is -2.35. The third-order valence-corrected chi connectivity index (χ3v) is 4.88. The summed E-state index contributed by atoms with van der Waals surface area (Å²) in [6.07, 6.45) is -16.2. The van der Waals surface area contributed by atoms with Crippen molar-refractivity contribution < 1.29 is 53.8 Å². The van der Waals surface area contributed by atoms with Crippen LogP contribution in [0.3, 0.4) is 0 Å². The molecule has 0 atom stereocenters. The van der Waals surface area contributed by atoms with Crippen LogP contribution < -0.4 is 0 Å². The number of isocyanates is 1. The van der Waals surface area contributed by atoms with Crippen LogP contribution in [-0.4, -0.2) is 59.3 Å². The number of hydrogen-bond acceptors (Lipinski definition) is 4. The van der Waals surface area contributed by atoms with Gasteiger partial charge >= 0.3 is 18.5 Å². The monoisotopic (exact) mass is 407 g/mol. The first-order valence-corrected chi connectivity index (χ1v) is 8.41. The van der Waals surface area contributed by atoms with Crippen LogP contribution in [0.1, 0.15) is 12.8 Å². The fraction of sp³-hybridized carbons (Fsp3) is 0.909. The lowest BCUT2D eigenvalue weighted by atomic mass is 10.4. The van der Waals surface area contributed by atoms with Gasteiger partial charge in [-0.15, -0.1) is 0 Å². The van der Waals surface area contributed by atoms with E-state index in [9.17, 15) is 44.3 Å². The van der Waals surface area contributed by atoms with Crippen molar-refractivity contribution in [3.63, 3.8) is 0 Å². The molecule has 25 heavy (non-hydrogen) atoms. The van der Waals surface area contributed by atoms with Gasteiger partial charge in [0.1, 0.15) is 13.2 Å². The van der Waals surface area contributed by atoms with Gasteiger partial charge in [0.25, 0.3) is 0 Å². The van der Waals surface area contributed by atoms with Crippen molar-refractivity contribution in [1.82, 2.24) is 0 Å². The van der Waals surface area contributed by atoms with Gasteiger partial charge in [-0.3, -0.25) is 0 Å². The van der Waals surface area contributed by atoms with E-state index in [2.05, 4.69) is 14.5 Å². The lowest BCUT2D eigenvalue weighted by Crippen LogP contribution is -2.49. The van der Waals surface area contributed by atoms with Crippen molar-refractivity contribution in [2.24, 2.45) is 4.99 Å². The van der Waals surface area contributed by atoms with Gasteiger partial charge in [-0.2, -0.15) is 39.5 Å². The van der Waals surface area contributed by atoms with Crippen LogP contribution in [0.25, 0.3) is 0 Å². The van der Waals surface area contributed by atoms with Crippen molar-refractivity contribution in [1.29, 1.82) is 0 Å². The molecule has 0 aliphatic carbocycles. The largest absolute Gasteiger partial charge is 0.411 e. The van der Waals surface area contributed by atoms with Gasteiger partial charge in [0.2, 0.25) is 6.08 Å². The highest BCUT2D eigenvalue weighted by Gasteiger charge is 2.48. The van der Waals surface area contributed by atoms with Crippen LogP contribution in [0.2, 0.25) is 6.04 Å². The minimum atomic E-state index is -5.11. The van der Waals surface area contributed by atoms with E-state index in [1.54, 1.807) is 0 Å². The Bertz CT molecular complexity index is 426. The first-order valence-electron chi connectivity index (χ1n) is 6.70. The van der Waals surface area contributed by atoms with E-state index in [4.69, 9.17) is 0 Å². The molecule has 14 heteroatoms. The van der Waals surface area contributed by atoms with Crippen LogP contribution in [0.15, 0.2) is 4.99 Å². The number of ether oxygens (including phenoxy) is 2. The Labute approximate surface area is 138 Å². The van der Waals surface area contributed by atoms with Crippen molar-refractivity contribution in [3.05, 3.63) is 0 Å². The maximum atomic E-state index is 12.7. The molecule has 0 aromatic heterocycles. The van der Waals surface area contributed by atoms with Crippen LogP contribution >= 0.6 is 0 Å². The summed E-state index contributed by atoms with van der Waals surface area (Å²) < 4.78 is 120. The summed E-state index contributed by atoms with van der Waals surface area (Å²) in [6, 6.07) is -0.184. The minimum absolute atomic E-state index is 0.0220. The number of nitrogens with zero attached hydrogens (tertiary/aromatic N) is 1. The maximum absolute atomic E-state index is 12.7. The first kappa shape index (κ1) is 23.9. The van der Waals surface area contributed by atoms with Crippen molar-refractivity contribution >= 4 is 15.6 Å². The number of rotatable bonds is 10. The second-order valence-corrected chi connectivity index (χ2v) is 7.22. The molecule has 0 N–H and O–H groups in total. The second-order valence-electron chi connectivity index (χ2n) is 4.94. The highest BCUT2D eigenvalue weighted by Crippen LogP contribution is 2.34. The normalized spacial score (nSPS) is 14.1. The Hall–Kier alpha value is -1.11. The van der Waals surface area contributed by atoms with Crippen molar-refractivity contribution in [2.45, 2.75) is 42.8 Å². The standard InChI is InChI=1S/C11H14F9NO3Si/c12-8(13,14)4-11(23-5-9(15,16)17,24-6-10(18,19)20)25-3-1-2-21-7-22/h1-6,25H2. The van der Waals surface area contributed by atoms with Gasteiger partial charge < -0.3 is 9.47 Å². The predicted octanol–water partition coefficient (Wildman–Crippen LogP) is 3.06. The summed E-state index contributed by atoms with van der Waals surface area (Å²) in [7, 11) is -2.38. The Balaban J connectivity index is 5.25. The summed E-state index contributed by atoms with van der Waals surface area (Å²) in [5.74, 6) is 0. The van der Waals surface area contributed by atoms with Gasteiger partial charge in [-0.05, 0) is 6.42 Å². The number of halogens is 9. The zero-order valence-corrected chi connectivity index (χ0v) is 13.9. The molecular weight excluding hydrogens is 393 g/mol. The van der Waals surface area contributed by atoms with Crippen LogP contribution in [0, 0.1) is 0 Å². The summed E-state index contributed by atoms with van der Waals surface area (Å²) in [5, 5.41) is 0. The Morgan fingerprint density at radius 2 is 1.32 bits per heavy atom. The molecule has 0 aromatic rings. The summed E-state index contributed by atoms with van der Waals surface area (Å²) in [6.45, 7) is -4.53. The van der Waals surface area contributed by atoms with E-state index in [0.717, 1.165) is 6.08 Å². The van der Waals surface area contributed by atoms with Gasteiger partial charge in [0.15, 0.2) is 5.41 Å². The zero-order valence-electron chi connectivity index (χ0n) is 12.5.